The molecule has 0 spiro atoms. The van der Waals surface area contributed by atoms with Crippen LogP contribution in [0.4, 0.5) is 4.39 Å². The third kappa shape index (κ3) is 2.03. The minimum Gasteiger partial charge on any atom is -0.336 e. The fraction of sp³-hybridized carbons (Fsp3) is 0.625. The first-order valence-corrected chi connectivity index (χ1v) is 3.79. The van der Waals surface area contributed by atoms with Gasteiger partial charge in [-0.1, -0.05) is 6.58 Å². The number of nitrogens with zero attached hydrogens (tertiary/aromatic N) is 1. The molecule has 0 aromatic carbocycles. The third-order valence-corrected chi connectivity index (χ3v) is 1.85. The lowest BCUT2D eigenvalue weighted by atomic mass is 10.1. The molecule has 11 heavy (non-hydrogen) atoms. The third-order valence-electron chi connectivity index (χ3n) is 1.85. The molecule has 0 radical (unpaired) electrons. The maximum atomic E-state index is 12.7. The SMILES string of the molecule is C=CC(=O)N1CCC[C@H](F)C1. The highest BCUT2D eigenvalue weighted by molar-refractivity contribution is 5.87. The average Bonchev–Trinajstić information content (AvgIpc) is 2.03. The van der Waals surface area contributed by atoms with Crippen LogP contribution in [0, 0.1) is 0 Å². The van der Waals surface area contributed by atoms with Gasteiger partial charge in [-0.15, -0.1) is 0 Å². The van der Waals surface area contributed by atoms with Gasteiger partial charge >= 0.3 is 0 Å². The number of amides is 1. The number of halogens is 1. The summed E-state index contributed by atoms with van der Waals surface area (Å²) in [5.41, 5.74) is 0. The van der Waals surface area contributed by atoms with Crippen molar-refractivity contribution in [3.63, 3.8) is 0 Å². The predicted octanol–water partition coefficient (Wildman–Crippen LogP) is 1.13. The summed E-state index contributed by atoms with van der Waals surface area (Å²) >= 11 is 0. The normalized spacial score (nSPS) is 24.8. The van der Waals surface area contributed by atoms with E-state index in [0.29, 0.717) is 13.0 Å². The van der Waals surface area contributed by atoms with Crippen molar-refractivity contribution in [2.45, 2.75) is 19.0 Å². The topological polar surface area (TPSA) is 20.3 Å². The van der Waals surface area contributed by atoms with Crippen LogP contribution >= 0.6 is 0 Å². The van der Waals surface area contributed by atoms with Crippen LogP contribution in [0.3, 0.4) is 0 Å². The monoisotopic (exact) mass is 157 g/mol. The molecule has 1 fully saturated rings. The maximum absolute atomic E-state index is 12.7. The van der Waals surface area contributed by atoms with E-state index in [0.717, 1.165) is 6.42 Å². The molecule has 1 amide bonds. The molecule has 0 bridgehead atoms. The van der Waals surface area contributed by atoms with Gasteiger partial charge in [0.15, 0.2) is 0 Å². The summed E-state index contributed by atoms with van der Waals surface area (Å²) in [7, 11) is 0. The highest BCUT2D eigenvalue weighted by atomic mass is 19.1. The molecular formula is C8H12FNO. The van der Waals surface area contributed by atoms with E-state index < -0.39 is 6.17 Å². The molecule has 0 aliphatic carbocycles. The van der Waals surface area contributed by atoms with E-state index in [-0.39, 0.29) is 12.5 Å². The van der Waals surface area contributed by atoms with Gasteiger partial charge in [-0.05, 0) is 18.9 Å². The second kappa shape index (κ2) is 3.51. The molecule has 0 unspecified atom stereocenters. The van der Waals surface area contributed by atoms with E-state index in [1.54, 1.807) is 0 Å². The summed E-state index contributed by atoms with van der Waals surface area (Å²) in [5.74, 6) is -0.160. The van der Waals surface area contributed by atoms with Crippen LogP contribution in [0.1, 0.15) is 12.8 Å². The van der Waals surface area contributed by atoms with Gasteiger partial charge in [-0.3, -0.25) is 4.79 Å². The van der Waals surface area contributed by atoms with Crippen molar-refractivity contribution in [2.24, 2.45) is 0 Å². The minimum atomic E-state index is -0.840. The van der Waals surface area contributed by atoms with Gasteiger partial charge in [0, 0.05) is 6.54 Å². The molecule has 1 heterocycles. The van der Waals surface area contributed by atoms with Gasteiger partial charge in [0.1, 0.15) is 6.17 Å². The smallest absolute Gasteiger partial charge is 0.246 e. The zero-order chi connectivity index (χ0) is 8.27. The van der Waals surface area contributed by atoms with Crippen molar-refractivity contribution >= 4 is 5.91 Å². The molecule has 0 aromatic rings. The zero-order valence-corrected chi connectivity index (χ0v) is 6.42. The molecule has 2 nitrogen and oxygen atoms in total. The lowest BCUT2D eigenvalue weighted by Gasteiger charge is -2.27. The van der Waals surface area contributed by atoms with E-state index in [1.807, 2.05) is 0 Å². The summed E-state index contributed by atoms with van der Waals surface area (Å²) in [6.45, 7) is 4.26. The second-order valence-electron chi connectivity index (χ2n) is 2.73. The Hall–Kier alpha value is -0.860. The number of rotatable bonds is 1. The molecule has 1 atom stereocenters. The molecule has 1 saturated heterocycles. The fourth-order valence-electron chi connectivity index (χ4n) is 1.25. The fourth-order valence-corrected chi connectivity index (χ4v) is 1.25. The highest BCUT2D eigenvalue weighted by Crippen LogP contribution is 2.12. The largest absolute Gasteiger partial charge is 0.336 e. The maximum Gasteiger partial charge on any atom is 0.246 e. The first kappa shape index (κ1) is 8.24. The highest BCUT2D eigenvalue weighted by Gasteiger charge is 2.20. The summed E-state index contributed by atoms with van der Waals surface area (Å²) in [4.78, 5) is 12.5. The van der Waals surface area contributed by atoms with E-state index in [2.05, 4.69) is 6.58 Å². The Labute approximate surface area is 65.7 Å². The minimum absolute atomic E-state index is 0.160. The summed E-state index contributed by atoms with van der Waals surface area (Å²) in [6, 6.07) is 0. The van der Waals surface area contributed by atoms with Gasteiger partial charge in [0.05, 0.1) is 6.54 Å². The molecule has 3 heteroatoms. The number of alkyl halides is 1. The second-order valence-corrected chi connectivity index (χ2v) is 2.73. The Morgan fingerprint density at radius 3 is 3.00 bits per heavy atom. The summed E-state index contributed by atoms with van der Waals surface area (Å²) in [5, 5.41) is 0. The van der Waals surface area contributed by atoms with Gasteiger partial charge in [-0.2, -0.15) is 0 Å². The van der Waals surface area contributed by atoms with E-state index in [9.17, 15) is 9.18 Å². The molecule has 0 saturated carbocycles. The van der Waals surface area contributed by atoms with Gasteiger partial charge < -0.3 is 4.90 Å². The number of hydrogen-bond donors (Lipinski definition) is 0. The van der Waals surface area contributed by atoms with Gasteiger partial charge in [-0.25, -0.2) is 4.39 Å². The molecule has 62 valence electrons. The first-order valence-electron chi connectivity index (χ1n) is 3.79. The predicted molar refractivity (Wildman–Crippen MR) is 40.9 cm³/mol. The van der Waals surface area contributed by atoms with E-state index in [1.165, 1.54) is 11.0 Å². The Balaban J connectivity index is 2.45. The first-order chi connectivity index (χ1) is 5.24. The van der Waals surface area contributed by atoms with Crippen LogP contribution in [0.2, 0.25) is 0 Å². The van der Waals surface area contributed by atoms with E-state index >= 15 is 0 Å². The van der Waals surface area contributed by atoms with Crippen molar-refractivity contribution in [1.29, 1.82) is 0 Å². The Kier molecular flexibility index (Phi) is 2.63. The van der Waals surface area contributed by atoms with Crippen LogP contribution in [-0.2, 0) is 4.79 Å². The van der Waals surface area contributed by atoms with Crippen molar-refractivity contribution in [3.8, 4) is 0 Å². The van der Waals surface area contributed by atoms with Crippen molar-refractivity contribution in [1.82, 2.24) is 4.90 Å². The van der Waals surface area contributed by atoms with Crippen LogP contribution in [-0.4, -0.2) is 30.1 Å². The van der Waals surface area contributed by atoms with Crippen molar-refractivity contribution in [2.75, 3.05) is 13.1 Å². The van der Waals surface area contributed by atoms with Crippen LogP contribution < -0.4 is 0 Å². The molecule has 0 N–H and O–H groups in total. The van der Waals surface area contributed by atoms with Crippen LogP contribution in [0.25, 0.3) is 0 Å². The van der Waals surface area contributed by atoms with Crippen molar-refractivity contribution < 1.29 is 9.18 Å². The number of hydrogen-bond acceptors (Lipinski definition) is 1. The molecule has 1 rings (SSSR count). The van der Waals surface area contributed by atoms with Crippen LogP contribution in [0.5, 0.6) is 0 Å². The van der Waals surface area contributed by atoms with E-state index in [4.69, 9.17) is 0 Å². The Bertz CT molecular complexity index is 169. The lowest BCUT2D eigenvalue weighted by molar-refractivity contribution is -0.128. The summed E-state index contributed by atoms with van der Waals surface area (Å²) in [6.07, 6.45) is 1.74. The molecule has 0 aromatic heterocycles. The van der Waals surface area contributed by atoms with Crippen LogP contribution in [0.15, 0.2) is 12.7 Å². The quantitative estimate of drug-likeness (QED) is 0.522. The van der Waals surface area contributed by atoms with Crippen molar-refractivity contribution in [3.05, 3.63) is 12.7 Å². The van der Waals surface area contributed by atoms with Gasteiger partial charge in [0.25, 0.3) is 0 Å². The number of likely N-dealkylation sites (tertiary alicyclic amines) is 1. The number of carbonyl (C=O) groups is 1. The average molecular weight is 157 g/mol. The Morgan fingerprint density at radius 1 is 1.73 bits per heavy atom. The standard InChI is InChI=1S/C8H12FNO/c1-2-8(11)10-5-3-4-7(9)6-10/h2,7H,1,3-6H2/t7-/m0/s1. The number of piperidine rings is 1. The molecular weight excluding hydrogens is 145 g/mol. The number of carbonyl (C=O) groups excluding carboxylic acids is 1. The lowest BCUT2D eigenvalue weighted by Crippen LogP contribution is -2.39. The molecule has 1 aliphatic heterocycles. The van der Waals surface area contributed by atoms with Gasteiger partial charge in [0.2, 0.25) is 5.91 Å². The molecule has 1 aliphatic rings. The zero-order valence-electron chi connectivity index (χ0n) is 6.42. The Morgan fingerprint density at radius 2 is 2.45 bits per heavy atom. The summed E-state index contributed by atoms with van der Waals surface area (Å²) < 4.78 is 12.7.